The first-order chi connectivity index (χ1) is 12.2. The van der Waals surface area contributed by atoms with Crippen LogP contribution in [0.25, 0.3) is 16.6 Å². The second-order valence-electron chi connectivity index (χ2n) is 7.70. The lowest BCUT2D eigenvalue weighted by Gasteiger charge is -2.25. The van der Waals surface area contributed by atoms with E-state index < -0.39 is 0 Å². The third-order valence-corrected chi connectivity index (χ3v) is 5.95. The van der Waals surface area contributed by atoms with E-state index in [0.29, 0.717) is 0 Å². The number of fused-ring (bicyclic) bond motifs is 3. The summed E-state index contributed by atoms with van der Waals surface area (Å²) in [4.78, 5) is 6.88. The van der Waals surface area contributed by atoms with Crippen molar-refractivity contribution in [2.24, 2.45) is 4.99 Å². The van der Waals surface area contributed by atoms with Crippen LogP contribution in [0.2, 0.25) is 0 Å². The molecule has 0 atom stereocenters. The number of benzene rings is 1. The lowest BCUT2D eigenvalue weighted by atomic mass is 10.0. The van der Waals surface area contributed by atoms with Crippen LogP contribution in [0.4, 0.5) is 0 Å². The summed E-state index contributed by atoms with van der Waals surface area (Å²) >= 11 is 0. The van der Waals surface area contributed by atoms with Crippen LogP contribution in [-0.4, -0.2) is 35.8 Å². The van der Waals surface area contributed by atoms with E-state index in [1.165, 1.54) is 52.6 Å². The molecule has 3 heterocycles. The van der Waals surface area contributed by atoms with E-state index in [0.717, 1.165) is 26.1 Å². The number of aromatic nitrogens is 1. The summed E-state index contributed by atoms with van der Waals surface area (Å²) in [5.41, 5.74) is 10.3. The standard InChI is InChI=1S/C22H25N3/c1-15-6-7-21-18(12-15)19-14-24(2)11-9-22(19)25(21)20-5-3-4-17(20)16-8-10-23-13-16/h6-8,12-13H,3-5,9-11,14H2,1-2H3. The molecule has 3 nitrogen and oxygen atoms in total. The summed E-state index contributed by atoms with van der Waals surface area (Å²) in [6.07, 6.45) is 9.14. The zero-order valence-electron chi connectivity index (χ0n) is 15.2. The third kappa shape index (κ3) is 2.33. The molecule has 0 bridgehead atoms. The minimum Gasteiger partial charge on any atom is -0.317 e. The number of hydrogen-bond donors (Lipinski definition) is 0. The molecule has 0 spiro atoms. The Morgan fingerprint density at radius 2 is 2.04 bits per heavy atom. The highest BCUT2D eigenvalue weighted by molar-refractivity contribution is 5.94. The second kappa shape index (κ2) is 5.70. The summed E-state index contributed by atoms with van der Waals surface area (Å²) in [6, 6.07) is 6.98. The molecule has 1 aliphatic carbocycles. The van der Waals surface area contributed by atoms with E-state index >= 15 is 0 Å². The van der Waals surface area contributed by atoms with Gasteiger partial charge >= 0.3 is 0 Å². The van der Waals surface area contributed by atoms with Crippen molar-refractivity contribution in [2.75, 3.05) is 20.1 Å². The first-order valence-electron chi connectivity index (χ1n) is 9.46. The van der Waals surface area contributed by atoms with Crippen LogP contribution in [0.1, 0.15) is 36.1 Å². The van der Waals surface area contributed by atoms with Gasteiger partial charge in [0.25, 0.3) is 0 Å². The molecule has 0 fully saturated rings. The van der Waals surface area contributed by atoms with Crippen molar-refractivity contribution < 1.29 is 0 Å². The van der Waals surface area contributed by atoms with Gasteiger partial charge in [-0.3, -0.25) is 4.99 Å². The predicted molar refractivity (Wildman–Crippen MR) is 105 cm³/mol. The summed E-state index contributed by atoms with van der Waals surface area (Å²) in [6.45, 7) is 5.26. The molecule has 25 heavy (non-hydrogen) atoms. The monoisotopic (exact) mass is 331 g/mol. The van der Waals surface area contributed by atoms with Crippen LogP contribution in [0.5, 0.6) is 0 Å². The van der Waals surface area contributed by atoms with E-state index in [1.807, 2.05) is 0 Å². The Bertz CT molecular complexity index is 955. The van der Waals surface area contributed by atoms with Crippen molar-refractivity contribution in [3.05, 3.63) is 52.2 Å². The van der Waals surface area contributed by atoms with E-state index in [2.05, 4.69) is 58.9 Å². The molecule has 0 saturated heterocycles. The Hall–Kier alpha value is -2.13. The van der Waals surface area contributed by atoms with Gasteiger partial charge in [0.2, 0.25) is 0 Å². The Balaban J connectivity index is 1.79. The van der Waals surface area contributed by atoms with Crippen molar-refractivity contribution >= 4 is 22.8 Å². The van der Waals surface area contributed by atoms with Gasteiger partial charge in [-0.1, -0.05) is 17.7 Å². The zero-order chi connectivity index (χ0) is 17.0. The largest absolute Gasteiger partial charge is 0.317 e. The van der Waals surface area contributed by atoms with Crippen LogP contribution >= 0.6 is 0 Å². The van der Waals surface area contributed by atoms with Crippen LogP contribution in [0, 0.1) is 6.92 Å². The molecule has 1 aromatic heterocycles. The van der Waals surface area contributed by atoms with Crippen LogP contribution in [0.15, 0.2) is 40.4 Å². The Labute approximate surface area is 149 Å². The smallest absolute Gasteiger partial charge is 0.0579 e. The topological polar surface area (TPSA) is 20.5 Å². The maximum absolute atomic E-state index is 4.43. The third-order valence-electron chi connectivity index (χ3n) is 5.95. The lowest BCUT2D eigenvalue weighted by molar-refractivity contribution is 0.311. The van der Waals surface area contributed by atoms with Crippen molar-refractivity contribution in [3.8, 4) is 0 Å². The van der Waals surface area contributed by atoms with Gasteiger partial charge < -0.3 is 9.47 Å². The number of rotatable bonds is 2. The highest BCUT2D eigenvalue weighted by atomic mass is 15.1. The summed E-state index contributed by atoms with van der Waals surface area (Å²) in [5, 5.41) is 1.45. The molecule has 1 aromatic carbocycles. The molecule has 2 aliphatic heterocycles. The molecule has 0 unspecified atom stereocenters. The van der Waals surface area contributed by atoms with Gasteiger partial charge in [-0.2, -0.15) is 0 Å². The molecule has 5 rings (SSSR count). The van der Waals surface area contributed by atoms with Gasteiger partial charge in [-0.05, 0) is 62.1 Å². The summed E-state index contributed by atoms with van der Waals surface area (Å²) in [5.74, 6) is 0. The van der Waals surface area contributed by atoms with Crippen LogP contribution < -0.4 is 0 Å². The highest BCUT2D eigenvalue weighted by Crippen LogP contribution is 2.41. The fraction of sp³-hybridized carbons (Fsp3) is 0.409. The van der Waals surface area contributed by atoms with Gasteiger partial charge in [0, 0.05) is 42.5 Å². The number of hydrogen-bond acceptors (Lipinski definition) is 2. The van der Waals surface area contributed by atoms with Crippen molar-refractivity contribution in [3.63, 3.8) is 0 Å². The highest BCUT2D eigenvalue weighted by Gasteiger charge is 2.27. The Morgan fingerprint density at radius 3 is 2.88 bits per heavy atom. The average Bonchev–Trinajstić information content (AvgIpc) is 3.32. The minimum absolute atomic E-state index is 0.848. The number of allylic oxidation sites excluding steroid dienone is 3. The summed E-state index contributed by atoms with van der Waals surface area (Å²) in [7, 11) is 2.24. The van der Waals surface area contributed by atoms with Gasteiger partial charge in [0.05, 0.1) is 12.1 Å². The van der Waals surface area contributed by atoms with E-state index in [4.69, 9.17) is 0 Å². The SMILES string of the molecule is Cc1ccc2c(c1)c1c(n2C2=C(C3=CCN=C3)CCC2)CCN(C)C1. The zero-order valence-corrected chi connectivity index (χ0v) is 15.2. The molecule has 3 aliphatic rings. The lowest BCUT2D eigenvalue weighted by Crippen LogP contribution is -2.27. The molecule has 2 aromatic rings. The maximum Gasteiger partial charge on any atom is 0.0579 e. The van der Waals surface area contributed by atoms with Crippen molar-refractivity contribution in [2.45, 2.75) is 39.2 Å². The molecular weight excluding hydrogens is 306 g/mol. The van der Waals surface area contributed by atoms with Gasteiger partial charge in [-0.25, -0.2) is 0 Å². The van der Waals surface area contributed by atoms with E-state index in [1.54, 1.807) is 11.3 Å². The molecular formula is C22H25N3. The van der Waals surface area contributed by atoms with Gasteiger partial charge in [-0.15, -0.1) is 0 Å². The van der Waals surface area contributed by atoms with Gasteiger partial charge in [0.1, 0.15) is 0 Å². The van der Waals surface area contributed by atoms with Crippen molar-refractivity contribution in [1.29, 1.82) is 0 Å². The van der Waals surface area contributed by atoms with Crippen LogP contribution in [-0.2, 0) is 13.0 Å². The fourth-order valence-corrected chi connectivity index (χ4v) is 4.76. The maximum atomic E-state index is 4.43. The number of likely N-dealkylation sites (N-methyl/N-ethyl adjacent to an activating group) is 1. The molecule has 0 radical (unpaired) electrons. The Morgan fingerprint density at radius 1 is 1.12 bits per heavy atom. The van der Waals surface area contributed by atoms with Crippen molar-refractivity contribution in [1.82, 2.24) is 9.47 Å². The second-order valence-corrected chi connectivity index (χ2v) is 7.70. The fourth-order valence-electron chi connectivity index (χ4n) is 4.76. The number of aryl methyl sites for hydroxylation is 1. The van der Waals surface area contributed by atoms with E-state index in [9.17, 15) is 0 Å². The van der Waals surface area contributed by atoms with Crippen LogP contribution in [0.3, 0.4) is 0 Å². The first-order valence-corrected chi connectivity index (χ1v) is 9.46. The molecule has 0 N–H and O–H groups in total. The number of aliphatic imine (C=N–C) groups is 1. The summed E-state index contributed by atoms with van der Waals surface area (Å²) < 4.78 is 2.62. The van der Waals surface area contributed by atoms with E-state index in [-0.39, 0.29) is 0 Å². The molecule has 0 saturated carbocycles. The number of nitrogens with zero attached hydrogens (tertiary/aromatic N) is 3. The quantitative estimate of drug-likeness (QED) is 0.801. The molecule has 128 valence electrons. The molecule has 3 heteroatoms. The first kappa shape index (κ1) is 15.2. The Kier molecular flexibility index (Phi) is 3.46. The predicted octanol–water partition coefficient (Wildman–Crippen LogP) is 4.34. The average molecular weight is 331 g/mol. The van der Waals surface area contributed by atoms with Gasteiger partial charge in [0.15, 0.2) is 0 Å². The normalized spacial score (nSPS) is 20.6. The molecule has 0 amide bonds. The minimum atomic E-state index is 0.848.